The Balaban J connectivity index is 0.928. The van der Waals surface area contributed by atoms with Crippen molar-refractivity contribution in [3.8, 4) is 22.4 Å². The van der Waals surface area contributed by atoms with Crippen molar-refractivity contribution >= 4 is 29.3 Å². The molecule has 0 radical (unpaired) electrons. The first-order valence-electron chi connectivity index (χ1n) is 17.3. The molecule has 2 N–H and O–H groups in total. The predicted molar refractivity (Wildman–Crippen MR) is 190 cm³/mol. The smallest absolute Gasteiger partial charge is 0.410 e. The van der Waals surface area contributed by atoms with Crippen LogP contribution < -0.4 is 10.2 Å². The summed E-state index contributed by atoms with van der Waals surface area (Å²) in [4.78, 5) is 52.2. The number of anilines is 2. The number of H-pyrrole nitrogens is 1. The van der Waals surface area contributed by atoms with Crippen LogP contribution >= 0.6 is 0 Å². The van der Waals surface area contributed by atoms with Crippen LogP contribution in [0.2, 0.25) is 0 Å². The summed E-state index contributed by atoms with van der Waals surface area (Å²) < 4.78 is 5.62. The van der Waals surface area contributed by atoms with Gasteiger partial charge in [-0.05, 0) is 99.5 Å². The Labute approximate surface area is 287 Å². The third-order valence-corrected chi connectivity index (χ3v) is 9.48. The Hall–Kier alpha value is -5.12. The van der Waals surface area contributed by atoms with Crippen molar-refractivity contribution < 1.29 is 19.1 Å². The van der Waals surface area contributed by atoms with Gasteiger partial charge in [0.1, 0.15) is 11.4 Å². The van der Waals surface area contributed by atoms with Gasteiger partial charge in [-0.15, -0.1) is 0 Å². The molecule has 2 aliphatic heterocycles. The largest absolute Gasteiger partial charge is 0.444 e. The Morgan fingerprint density at radius 3 is 2.06 bits per heavy atom. The molecule has 2 saturated heterocycles. The second kappa shape index (κ2) is 13.4. The van der Waals surface area contributed by atoms with Gasteiger partial charge in [-0.25, -0.2) is 9.78 Å². The Morgan fingerprint density at radius 1 is 0.796 bits per heavy atom. The van der Waals surface area contributed by atoms with Crippen molar-refractivity contribution in [2.45, 2.75) is 58.1 Å². The number of nitrogens with zero attached hydrogens (tertiary/aromatic N) is 4. The number of carbonyl (C=O) groups is 3. The van der Waals surface area contributed by atoms with E-state index in [0.717, 1.165) is 91.4 Å². The summed E-state index contributed by atoms with van der Waals surface area (Å²) in [5, 5.41) is 3.01. The minimum Gasteiger partial charge on any atom is -0.444 e. The molecule has 3 aromatic carbocycles. The van der Waals surface area contributed by atoms with Gasteiger partial charge in [0.2, 0.25) is 5.91 Å². The maximum atomic E-state index is 13.0. The average molecular weight is 661 g/mol. The van der Waals surface area contributed by atoms with E-state index < -0.39 is 5.60 Å². The quantitative estimate of drug-likeness (QED) is 0.218. The maximum absolute atomic E-state index is 13.0. The summed E-state index contributed by atoms with van der Waals surface area (Å²) in [5.41, 5.74) is 5.84. The molecule has 0 bridgehead atoms. The summed E-state index contributed by atoms with van der Waals surface area (Å²) in [6, 6.07) is 23.6. The molecule has 4 aromatic rings. The van der Waals surface area contributed by atoms with Crippen LogP contribution in [0, 0.1) is 5.92 Å². The van der Waals surface area contributed by atoms with Gasteiger partial charge >= 0.3 is 6.09 Å². The van der Waals surface area contributed by atoms with Crippen molar-refractivity contribution in [1.82, 2.24) is 19.8 Å². The number of nitrogens with one attached hydrogen (secondary N) is 2. The summed E-state index contributed by atoms with van der Waals surface area (Å²) >= 11 is 0. The minimum absolute atomic E-state index is 0.127. The molecule has 10 nitrogen and oxygen atoms in total. The van der Waals surface area contributed by atoms with Crippen molar-refractivity contribution in [3.05, 3.63) is 90.4 Å². The zero-order valence-electron chi connectivity index (χ0n) is 28.4. The zero-order valence-corrected chi connectivity index (χ0v) is 28.4. The molecule has 3 amide bonds. The Morgan fingerprint density at radius 2 is 1.43 bits per heavy atom. The first-order valence-corrected chi connectivity index (χ1v) is 17.3. The number of imidazole rings is 1. The lowest BCUT2D eigenvalue weighted by Gasteiger charge is -2.36. The van der Waals surface area contributed by atoms with Gasteiger partial charge in [0.15, 0.2) is 0 Å². The van der Waals surface area contributed by atoms with E-state index in [1.54, 1.807) is 4.90 Å². The Bertz CT molecular complexity index is 1800. The molecular weight excluding hydrogens is 616 g/mol. The number of likely N-dealkylation sites (tertiary alicyclic amines) is 1. The van der Waals surface area contributed by atoms with Crippen LogP contribution in [0.4, 0.5) is 16.2 Å². The normalized spacial score (nSPS) is 18.0. The van der Waals surface area contributed by atoms with Crippen LogP contribution in [0.15, 0.2) is 79.0 Å². The molecule has 1 saturated carbocycles. The number of benzene rings is 3. The van der Waals surface area contributed by atoms with Crippen LogP contribution in [-0.2, 0) is 9.53 Å². The van der Waals surface area contributed by atoms with Gasteiger partial charge in [-0.3, -0.25) is 14.5 Å². The molecule has 0 unspecified atom stereocenters. The average Bonchev–Trinajstić information content (AvgIpc) is 3.62. The first kappa shape index (κ1) is 32.4. The first-order chi connectivity index (χ1) is 23.6. The number of ether oxygens (including phenoxy) is 1. The van der Waals surface area contributed by atoms with E-state index >= 15 is 0 Å². The SMILES string of the molecule is CC(C)(C)OC(=O)N1CCC[C@H]1c1ncc(-c2ccc(-c3ccc(NC(=O)c4ccc(N5CCN(C(=O)C6CC6)CC5)cc4)cc3)cc2)[nH]1. The fraction of sp³-hybridized carbons (Fsp3) is 0.385. The molecule has 7 rings (SSSR count). The molecule has 254 valence electrons. The Kier molecular flexibility index (Phi) is 8.88. The van der Waals surface area contributed by atoms with E-state index in [1.165, 1.54) is 0 Å². The van der Waals surface area contributed by atoms with Crippen molar-refractivity contribution in [2.24, 2.45) is 5.92 Å². The number of aromatic amines is 1. The molecule has 3 heterocycles. The highest BCUT2D eigenvalue weighted by Crippen LogP contribution is 2.34. The molecule has 1 aliphatic carbocycles. The van der Waals surface area contributed by atoms with E-state index in [4.69, 9.17) is 4.74 Å². The summed E-state index contributed by atoms with van der Waals surface area (Å²) in [6.07, 6.45) is 5.35. The predicted octanol–water partition coefficient (Wildman–Crippen LogP) is 7.13. The van der Waals surface area contributed by atoms with E-state index in [-0.39, 0.29) is 24.0 Å². The lowest BCUT2D eigenvalue weighted by molar-refractivity contribution is -0.132. The minimum atomic E-state index is -0.543. The monoisotopic (exact) mass is 660 g/mol. The molecule has 1 aromatic heterocycles. The van der Waals surface area contributed by atoms with Crippen molar-refractivity contribution in [1.29, 1.82) is 0 Å². The highest BCUT2D eigenvalue weighted by Gasteiger charge is 2.36. The fourth-order valence-electron chi connectivity index (χ4n) is 6.63. The number of carbonyl (C=O) groups excluding carboxylic acids is 3. The van der Waals surface area contributed by atoms with Crippen LogP contribution in [0.1, 0.15) is 68.7 Å². The summed E-state index contributed by atoms with van der Waals surface area (Å²) in [5.74, 6) is 1.19. The second-order valence-electron chi connectivity index (χ2n) is 14.3. The van der Waals surface area contributed by atoms with Gasteiger partial charge in [0.25, 0.3) is 5.91 Å². The van der Waals surface area contributed by atoms with Crippen LogP contribution in [0.3, 0.4) is 0 Å². The van der Waals surface area contributed by atoms with Crippen LogP contribution in [0.5, 0.6) is 0 Å². The van der Waals surface area contributed by atoms with Crippen molar-refractivity contribution in [3.63, 3.8) is 0 Å². The van der Waals surface area contributed by atoms with E-state index in [1.807, 2.05) is 80.4 Å². The number of rotatable bonds is 7. The fourth-order valence-corrected chi connectivity index (χ4v) is 6.63. The summed E-state index contributed by atoms with van der Waals surface area (Å²) in [7, 11) is 0. The van der Waals surface area contributed by atoms with E-state index in [9.17, 15) is 14.4 Å². The van der Waals surface area contributed by atoms with E-state index in [0.29, 0.717) is 18.0 Å². The third-order valence-electron chi connectivity index (χ3n) is 9.48. The zero-order chi connectivity index (χ0) is 34.1. The molecule has 10 heteroatoms. The number of amides is 3. The number of hydrogen-bond donors (Lipinski definition) is 2. The highest BCUT2D eigenvalue weighted by molar-refractivity contribution is 6.04. The lowest BCUT2D eigenvalue weighted by Crippen LogP contribution is -2.49. The van der Waals surface area contributed by atoms with Gasteiger partial charge in [0, 0.05) is 55.6 Å². The lowest BCUT2D eigenvalue weighted by atomic mass is 10.0. The third kappa shape index (κ3) is 7.48. The number of hydrogen-bond acceptors (Lipinski definition) is 6. The van der Waals surface area contributed by atoms with Gasteiger partial charge in [-0.1, -0.05) is 36.4 Å². The molecule has 49 heavy (non-hydrogen) atoms. The van der Waals surface area contributed by atoms with Gasteiger partial charge < -0.3 is 24.8 Å². The number of piperazine rings is 1. The van der Waals surface area contributed by atoms with Gasteiger partial charge in [0.05, 0.1) is 17.9 Å². The second-order valence-corrected chi connectivity index (χ2v) is 14.3. The molecule has 3 aliphatic rings. The molecular formula is C39H44N6O4. The topological polar surface area (TPSA) is 111 Å². The van der Waals surface area contributed by atoms with Gasteiger partial charge in [-0.2, -0.15) is 0 Å². The van der Waals surface area contributed by atoms with Crippen molar-refractivity contribution in [2.75, 3.05) is 42.9 Å². The van der Waals surface area contributed by atoms with Crippen LogP contribution in [-0.4, -0.2) is 76.0 Å². The van der Waals surface area contributed by atoms with Crippen LogP contribution in [0.25, 0.3) is 22.4 Å². The number of aromatic nitrogens is 2. The highest BCUT2D eigenvalue weighted by atomic mass is 16.6. The summed E-state index contributed by atoms with van der Waals surface area (Å²) in [6.45, 7) is 9.40. The standard InChI is InChI=1S/C39H44N6O4/c1-39(2,3)49-38(48)45-20-4-5-34(45)35-40-25-33(42-35)28-8-6-26(7-9-28)27-12-16-31(17-13-27)41-36(46)29-14-18-32(19-15-29)43-21-23-44(24-22-43)37(47)30-10-11-30/h6-9,12-19,25,30,34H,4-5,10-11,20-24H2,1-3H3,(H,40,42)(H,41,46)/t34-/m0/s1. The van der Waals surface area contributed by atoms with E-state index in [2.05, 4.69) is 44.5 Å². The molecule has 0 spiro atoms. The maximum Gasteiger partial charge on any atom is 0.410 e. The molecule has 3 fully saturated rings. The molecule has 1 atom stereocenters.